The van der Waals surface area contributed by atoms with E-state index < -0.39 is 5.91 Å². The first-order valence-electron chi connectivity index (χ1n) is 10.9. The molecule has 0 atom stereocenters. The number of methoxy groups -OCH3 is 1. The number of hydrogen-bond donors (Lipinski definition) is 1. The molecule has 0 aromatic heterocycles. The molecule has 176 valence electrons. The summed E-state index contributed by atoms with van der Waals surface area (Å²) in [6.07, 6.45) is 1.62. The predicted molar refractivity (Wildman–Crippen MR) is 135 cm³/mol. The Labute approximate surface area is 202 Å². The van der Waals surface area contributed by atoms with Crippen molar-refractivity contribution >= 4 is 39.8 Å². The van der Waals surface area contributed by atoms with Crippen LogP contribution in [0.2, 0.25) is 0 Å². The lowest BCUT2D eigenvalue weighted by atomic mass is 10.1. The first-order chi connectivity index (χ1) is 16.4. The third-order valence-electron chi connectivity index (χ3n) is 5.06. The zero-order valence-electron chi connectivity index (χ0n) is 19.5. The minimum absolute atomic E-state index is 0.00532. The van der Waals surface area contributed by atoms with Gasteiger partial charge in [0.25, 0.3) is 5.91 Å². The number of nitrogens with zero attached hydrogens (tertiary/aromatic N) is 3. The number of amides is 1. The molecule has 0 aliphatic carbocycles. The predicted octanol–water partition coefficient (Wildman–Crippen LogP) is 4.74. The van der Waals surface area contributed by atoms with Gasteiger partial charge in [-0.2, -0.15) is 15.1 Å². The van der Waals surface area contributed by atoms with Gasteiger partial charge in [0.15, 0.2) is 17.3 Å². The SMILES string of the molecule is COc1cc(C=C2C(=N)N3N=C(C(C)C)SC3=NC2=O)ccc1OCCOc1cccc(C)c1. The number of nitrogens with one attached hydrogen (secondary N) is 1. The Morgan fingerprint density at radius 3 is 2.65 bits per heavy atom. The summed E-state index contributed by atoms with van der Waals surface area (Å²) in [4.78, 5) is 16.7. The molecule has 9 heteroatoms. The van der Waals surface area contributed by atoms with Crippen LogP contribution in [-0.2, 0) is 4.79 Å². The van der Waals surface area contributed by atoms with Crippen molar-refractivity contribution in [3.63, 3.8) is 0 Å². The van der Waals surface area contributed by atoms with Gasteiger partial charge in [0.05, 0.1) is 12.7 Å². The molecule has 0 radical (unpaired) electrons. The van der Waals surface area contributed by atoms with E-state index in [0.717, 1.165) is 16.4 Å². The maximum Gasteiger partial charge on any atom is 0.283 e. The maximum atomic E-state index is 12.6. The number of hydrogen-bond acceptors (Lipinski definition) is 7. The largest absolute Gasteiger partial charge is 0.493 e. The molecule has 0 fully saturated rings. The van der Waals surface area contributed by atoms with Gasteiger partial charge in [-0.05, 0) is 60.2 Å². The molecule has 34 heavy (non-hydrogen) atoms. The molecular weight excluding hydrogens is 452 g/mol. The van der Waals surface area contributed by atoms with E-state index in [9.17, 15) is 4.79 Å². The molecule has 2 aromatic carbocycles. The van der Waals surface area contributed by atoms with Gasteiger partial charge in [0, 0.05) is 5.92 Å². The number of fused-ring (bicyclic) bond motifs is 1. The summed E-state index contributed by atoms with van der Waals surface area (Å²) in [6, 6.07) is 13.2. The number of ether oxygens (including phenoxy) is 3. The van der Waals surface area contributed by atoms with Crippen LogP contribution in [0.25, 0.3) is 6.08 Å². The highest BCUT2D eigenvalue weighted by atomic mass is 32.2. The molecule has 0 bridgehead atoms. The quantitative estimate of drug-likeness (QED) is 0.435. The van der Waals surface area contributed by atoms with Crippen LogP contribution in [0.5, 0.6) is 17.2 Å². The summed E-state index contributed by atoms with van der Waals surface area (Å²) < 4.78 is 17.0. The molecule has 1 amide bonds. The molecule has 0 saturated heterocycles. The fourth-order valence-corrected chi connectivity index (χ4v) is 4.21. The van der Waals surface area contributed by atoms with E-state index in [1.54, 1.807) is 31.4 Å². The second-order valence-corrected chi connectivity index (χ2v) is 9.02. The van der Waals surface area contributed by atoms with Gasteiger partial charge in [-0.3, -0.25) is 10.2 Å². The van der Waals surface area contributed by atoms with E-state index in [1.807, 2.05) is 45.0 Å². The number of aryl methyl sites for hydroxylation is 1. The fourth-order valence-electron chi connectivity index (χ4n) is 3.32. The fraction of sp³-hybridized carbons (Fsp3) is 0.280. The molecule has 2 heterocycles. The monoisotopic (exact) mass is 478 g/mol. The molecule has 4 rings (SSSR count). The highest BCUT2D eigenvalue weighted by Crippen LogP contribution is 2.32. The van der Waals surface area contributed by atoms with Crippen LogP contribution in [0.3, 0.4) is 0 Å². The summed E-state index contributed by atoms with van der Waals surface area (Å²) in [6.45, 7) is 6.76. The van der Waals surface area contributed by atoms with Gasteiger partial charge >= 0.3 is 0 Å². The molecular formula is C25H26N4O4S. The topological polar surface area (TPSA) is 96.6 Å². The van der Waals surface area contributed by atoms with Crippen LogP contribution >= 0.6 is 11.8 Å². The van der Waals surface area contributed by atoms with Crippen LogP contribution in [0.1, 0.15) is 25.0 Å². The first kappa shape index (κ1) is 23.6. The van der Waals surface area contributed by atoms with Crippen molar-refractivity contribution < 1.29 is 19.0 Å². The average molecular weight is 479 g/mol. The number of hydrazone groups is 1. The molecule has 1 N–H and O–H groups in total. The minimum atomic E-state index is -0.462. The Morgan fingerprint density at radius 2 is 1.91 bits per heavy atom. The van der Waals surface area contributed by atoms with Gasteiger partial charge in [-0.1, -0.05) is 32.0 Å². The smallest absolute Gasteiger partial charge is 0.283 e. The third-order valence-corrected chi connectivity index (χ3v) is 6.27. The molecule has 8 nitrogen and oxygen atoms in total. The average Bonchev–Trinajstić information content (AvgIpc) is 3.24. The van der Waals surface area contributed by atoms with Crippen LogP contribution in [0, 0.1) is 18.3 Å². The Bertz CT molecular complexity index is 1220. The molecule has 2 aromatic rings. The van der Waals surface area contributed by atoms with E-state index in [-0.39, 0.29) is 17.3 Å². The van der Waals surface area contributed by atoms with E-state index in [4.69, 9.17) is 19.6 Å². The van der Waals surface area contributed by atoms with Crippen LogP contribution < -0.4 is 14.2 Å². The summed E-state index contributed by atoms with van der Waals surface area (Å²) in [5.74, 6) is 1.60. The van der Waals surface area contributed by atoms with Gasteiger partial charge in [-0.15, -0.1) is 0 Å². The number of thioether (sulfide) groups is 1. The van der Waals surface area contributed by atoms with Crippen molar-refractivity contribution in [2.45, 2.75) is 20.8 Å². The molecule has 0 saturated carbocycles. The van der Waals surface area contributed by atoms with Crippen molar-refractivity contribution in [3.8, 4) is 17.2 Å². The molecule has 0 unspecified atom stereocenters. The van der Waals surface area contributed by atoms with Crippen LogP contribution in [0.15, 0.2) is 58.1 Å². The zero-order chi connectivity index (χ0) is 24.2. The molecule has 0 spiro atoms. The number of aliphatic imine (C=N–C) groups is 1. The summed E-state index contributed by atoms with van der Waals surface area (Å²) in [5.41, 5.74) is 1.99. The number of rotatable bonds is 8. The number of amidine groups is 2. The third kappa shape index (κ3) is 5.14. The summed E-state index contributed by atoms with van der Waals surface area (Å²) >= 11 is 1.33. The normalized spacial score (nSPS) is 16.5. The van der Waals surface area contributed by atoms with Crippen molar-refractivity contribution in [1.82, 2.24) is 5.01 Å². The van der Waals surface area contributed by atoms with Crippen molar-refractivity contribution in [1.29, 1.82) is 5.41 Å². The van der Waals surface area contributed by atoms with Gasteiger partial charge in [0.2, 0.25) is 5.17 Å². The van der Waals surface area contributed by atoms with E-state index >= 15 is 0 Å². The van der Waals surface area contributed by atoms with E-state index in [0.29, 0.717) is 35.4 Å². The Hall–Kier alpha value is -3.59. The van der Waals surface area contributed by atoms with Crippen molar-refractivity contribution in [3.05, 3.63) is 59.2 Å². The van der Waals surface area contributed by atoms with E-state index in [1.165, 1.54) is 16.8 Å². The standard InChI is InChI=1S/C25H26N4O4S/c1-15(2)24-28-29-22(26)19(23(30)27-25(29)34-24)13-17-8-9-20(21(14-17)31-4)33-11-10-32-18-7-5-6-16(3)12-18/h5-9,12-15,26H,10-11H2,1-4H3. The summed E-state index contributed by atoms with van der Waals surface area (Å²) in [7, 11) is 1.55. The Balaban J connectivity index is 1.45. The second-order valence-electron chi connectivity index (χ2n) is 8.04. The summed E-state index contributed by atoms with van der Waals surface area (Å²) in [5, 5.41) is 15.6. The zero-order valence-corrected chi connectivity index (χ0v) is 20.3. The lowest BCUT2D eigenvalue weighted by Gasteiger charge is -2.20. The Kier molecular flexibility index (Phi) is 7.02. The maximum absolute atomic E-state index is 12.6. The minimum Gasteiger partial charge on any atom is -0.493 e. The van der Waals surface area contributed by atoms with E-state index in [2.05, 4.69) is 10.1 Å². The number of carbonyl (C=O) groups is 1. The highest BCUT2D eigenvalue weighted by Gasteiger charge is 2.36. The Morgan fingerprint density at radius 1 is 1.12 bits per heavy atom. The highest BCUT2D eigenvalue weighted by molar-refractivity contribution is 8.27. The van der Waals surface area contributed by atoms with Crippen molar-refractivity contribution in [2.75, 3.05) is 20.3 Å². The van der Waals surface area contributed by atoms with Gasteiger partial charge in [0.1, 0.15) is 24.0 Å². The lowest BCUT2D eigenvalue weighted by Crippen LogP contribution is -2.35. The second kappa shape index (κ2) is 10.1. The van der Waals surface area contributed by atoms with Gasteiger partial charge < -0.3 is 14.2 Å². The number of benzene rings is 2. The lowest BCUT2D eigenvalue weighted by molar-refractivity contribution is -0.114. The van der Waals surface area contributed by atoms with Crippen molar-refractivity contribution in [2.24, 2.45) is 16.0 Å². The molecule has 2 aliphatic rings. The molecule has 2 aliphatic heterocycles. The van der Waals surface area contributed by atoms with Gasteiger partial charge in [-0.25, -0.2) is 0 Å². The number of carbonyl (C=O) groups excluding carboxylic acids is 1. The van der Waals surface area contributed by atoms with Crippen LogP contribution in [0.4, 0.5) is 0 Å². The first-order valence-corrected chi connectivity index (χ1v) is 11.7. The van der Waals surface area contributed by atoms with Crippen LogP contribution in [-0.4, -0.2) is 47.3 Å².